The molecule has 0 bridgehead atoms. The van der Waals surface area contributed by atoms with Gasteiger partial charge in [0.15, 0.2) is 0 Å². The molecule has 1 aromatic rings. The Hall–Kier alpha value is -0.960. The van der Waals surface area contributed by atoms with Gasteiger partial charge in [-0.1, -0.05) is 30.3 Å². The Morgan fingerprint density at radius 2 is 2.16 bits per heavy atom. The van der Waals surface area contributed by atoms with Crippen molar-refractivity contribution in [3.63, 3.8) is 0 Å². The zero-order valence-corrected chi connectivity index (χ0v) is 12.5. The third-order valence-electron chi connectivity index (χ3n) is 3.82. The van der Waals surface area contributed by atoms with Gasteiger partial charge in [0.1, 0.15) is 0 Å². The predicted octanol–water partition coefficient (Wildman–Crippen LogP) is 3.22. The van der Waals surface area contributed by atoms with E-state index in [2.05, 4.69) is 35.2 Å². The SMILES string of the molecule is CSCC(=O)N1CCC[C@H](CCc2ccccc2)C1. The molecule has 1 aliphatic heterocycles. The van der Waals surface area contributed by atoms with Crippen LogP contribution in [0, 0.1) is 5.92 Å². The van der Waals surface area contributed by atoms with E-state index in [1.807, 2.05) is 6.26 Å². The van der Waals surface area contributed by atoms with Crippen molar-refractivity contribution in [3.05, 3.63) is 35.9 Å². The van der Waals surface area contributed by atoms with Gasteiger partial charge in [-0.15, -0.1) is 0 Å². The Bertz CT molecular complexity index is 393. The maximum atomic E-state index is 11.9. The number of aryl methyl sites for hydroxylation is 1. The van der Waals surface area contributed by atoms with Gasteiger partial charge in [-0.2, -0.15) is 11.8 Å². The fourth-order valence-corrected chi connectivity index (χ4v) is 3.19. The van der Waals surface area contributed by atoms with Gasteiger partial charge in [0.05, 0.1) is 5.75 Å². The van der Waals surface area contributed by atoms with E-state index in [0.717, 1.165) is 19.5 Å². The van der Waals surface area contributed by atoms with Gasteiger partial charge in [-0.25, -0.2) is 0 Å². The number of benzene rings is 1. The summed E-state index contributed by atoms with van der Waals surface area (Å²) in [6.45, 7) is 1.92. The second-order valence-corrected chi connectivity index (χ2v) is 6.17. The lowest BCUT2D eigenvalue weighted by Gasteiger charge is -2.32. The van der Waals surface area contributed by atoms with Crippen LogP contribution in [0.1, 0.15) is 24.8 Å². The van der Waals surface area contributed by atoms with E-state index in [0.29, 0.717) is 17.6 Å². The number of carbonyl (C=O) groups is 1. The minimum absolute atomic E-state index is 0.317. The van der Waals surface area contributed by atoms with Gasteiger partial charge >= 0.3 is 0 Å². The molecule has 1 saturated heterocycles. The highest BCUT2D eigenvalue weighted by Gasteiger charge is 2.22. The van der Waals surface area contributed by atoms with Gasteiger partial charge < -0.3 is 4.90 Å². The fraction of sp³-hybridized carbons (Fsp3) is 0.562. The van der Waals surface area contributed by atoms with Crippen LogP contribution in [0.5, 0.6) is 0 Å². The summed E-state index contributed by atoms with van der Waals surface area (Å²) in [5.41, 5.74) is 1.41. The van der Waals surface area contributed by atoms with E-state index in [-0.39, 0.29) is 0 Å². The molecule has 0 radical (unpaired) electrons. The number of piperidine rings is 1. The summed E-state index contributed by atoms with van der Waals surface area (Å²) in [6.07, 6.45) is 6.77. The molecule has 3 heteroatoms. The van der Waals surface area contributed by atoms with Gasteiger partial charge in [-0.05, 0) is 43.4 Å². The summed E-state index contributed by atoms with van der Waals surface area (Å²) in [4.78, 5) is 14.0. The summed E-state index contributed by atoms with van der Waals surface area (Å²) in [5, 5.41) is 0. The first-order chi connectivity index (χ1) is 9.29. The van der Waals surface area contributed by atoms with Crippen LogP contribution >= 0.6 is 11.8 Å². The van der Waals surface area contributed by atoms with Crippen LogP contribution in [-0.2, 0) is 11.2 Å². The molecule has 0 N–H and O–H groups in total. The number of carbonyl (C=O) groups excluding carboxylic acids is 1. The zero-order valence-electron chi connectivity index (χ0n) is 11.7. The number of hydrogen-bond acceptors (Lipinski definition) is 2. The Kier molecular flexibility index (Phi) is 5.77. The largest absolute Gasteiger partial charge is 0.342 e. The van der Waals surface area contributed by atoms with Crippen molar-refractivity contribution in [2.75, 3.05) is 25.1 Å². The maximum Gasteiger partial charge on any atom is 0.232 e. The second kappa shape index (κ2) is 7.59. The van der Waals surface area contributed by atoms with Crippen molar-refractivity contribution in [2.45, 2.75) is 25.7 Å². The third kappa shape index (κ3) is 4.57. The van der Waals surface area contributed by atoms with Gasteiger partial charge in [-0.3, -0.25) is 4.79 Å². The molecule has 1 aliphatic rings. The highest BCUT2D eigenvalue weighted by molar-refractivity contribution is 7.99. The van der Waals surface area contributed by atoms with E-state index in [1.54, 1.807) is 11.8 Å². The molecule has 19 heavy (non-hydrogen) atoms. The first kappa shape index (κ1) is 14.4. The van der Waals surface area contributed by atoms with Crippen LogP contribution in [0.3, 0.4) is 0 Å². The molecule has 0 saturated carbocycles. The molecule has 0 unspecified atom stereocenters. The normalized spacial score (nSPS) is 19.4. The Morgan fingerprint density at radius 3 is 2.89 bits per heavy atom. The van der Waals surface area contributed by atoms with E-state index in [9.17, 15) is 4.79 Å². The molecule has 0 spiro atoms. The first-order valence-electron chi connectivity index (χ1n) is 7.10. The molecule has 2 rings (SSSR count). The molecular formula is C16H23NOS. The standard InChI is InChI=1S/C16H23NOS/c1-19-13-16(18)17-11-5-8-15(12-17)10-9-14-6-3-2-4-7-14/h2-4,6-7,15H,5,8-13H2,1H3/t15-/m1/s1. The number of rotatable bonds is 5. The smallest absolute Gasteiger partial charge is 0.232 e. The first-order valence-corrected chi connectivity index (χ1v) is 8.49. The highest BCUT2D eigenvalue weighted by atomic mass is 32.2. The van der Waals surface area contributed by atoms with Crippen LogP contribution in [0.15, 0.2) is 30.3 Å². The molecule has 104 valence electrons. The lowest BCUT2D eigenvalue weighted by atomic mass is 9.91. The second-order valence-electron chi connectivity index (χ2n) is 5.31. The minimum Gasteiger partial charge on any atom is -0.342 e. The van der Waals surface area contributed by atoms with Crippen LogP contribution in [0.25, 0.3) is 0 Å². The number of thioether (sulfide) groups is 1. The number of likely N-dealkylation sites (tertiary alicyclic amines) is 1. The van der Waals surface area contributed by atoms with Crippen LogP contribution < -0.4 is 0 Å². The average molecular weight is 277 g/mol. The predicted molar refractivity (Wildman–Crippen MR) is 82.4 cm³/mol. The van der Waals surface area contributed by atoms with Gasteiger partial charge in [0.2, 0.25) is 5.91 Å². The molecule has 1 heterocycles. The lowest BCUT2D eigenvalue weighted by Crippen LogP contribution is -2.40. The van der Waals surface area contributed by atoms with Gasteiger partial charge in [0, 0.05) is 13.1 Å². The molecule has 2 nitrogen and oxygen atoms in total. The van der Waals surface area contributed by atoms with E-state index >= 15 is 0 Å². The minimum atomic E-state index is 0.317. The summed E-state index contributed by atoms with van der Waals surface area (Å²) in [5.74, 6) is 1.63. The topological polar surface area (TPSA) is 20.3 Å². The van der Waals surface area contributed by atoms with Gasteiger partial charge in [0.25, 0.3) is 0 Å². The molecule has 0 aromatic heterocycles. The van der Waals surface area contributed by atoms with Crippen molar-refractivity contribution in [2.24, 2.45) is 5.92 Å². The summed E-state index contributed by atoms with van der Waals surface area (Å²) >= 11 is 1.62. The fourth-order valence-electron chi connectivity index (χ4n) is 2.76. The van der Waals surface area contributed by atoms with Crippen molar-refractivity contribution >= 4 is 17.7 Å². The summed E-state index contributed by atoms with van der Waals surface area (Å²) in [7, 11) is 0. The number of nitrogens with zero attached hydrogens (tertiary/aromatic N) is 1. The zero-order chi connectivity index (χ0) is 13.5. The van der Waals surface area contributed by atoms with Crippen LogP contribution in [0.4, 0.5) is 0 Å². The maximum absolute atomic E-state index is 11.9. The molecule has 0 aliphatic carbocycles. The quantitative estimate of drug-likeness (QED) is 0.823. The van der Waals surface area contributed by atoms with Crippen molar-refractivity contribution < 1.29 is 4.79 Å². The molecule has 1 amide bonds. The molecular weight excluding hydrogens is 254 g/mol. The molecule has 1 aromatic carbocycles. The van der Waals surface area contributed by atoms with Crippen LogP contribution in [-0.4, -0.2) is 35.9 Å². The average Bonchev–Trinajstić information content (AvgIpc) is 2.47. The van der Waals surface area contributed by atoms with Crippen LogP contribution in [0.2, 0.25) is 0 Å². The summed E-state index contributed by atoms with van der Waals surface area (Å²) in [6, 6.07) is 10.7. The van der Waals surface area contributed by atoms with Crippen molar-refractivity contribution in [3.8, 4) is 0 Å². The van der Waals surface area contributed by atoms with E-state index in [1.165, 1.54) is 24.8 Å². The monoisotopic (exact) mass is 277 g/mol. The number of hydrogen-bond donors (Lipinski definition) is 0. The van der Waals surface area contributed by atoms with Crippen molar-refractivity contribution in [1.82, 2.24) is 4.90 Å². The molecule has 1 fully saturated rings. The Labute approximate surface area is 120 Å². The highest BCUT2D eigenvalue weighted by Crippen LogP contribution is 2.22. The Balaban J connectivity index is 1.79. The third-order valence-corrected chi connectivity index (χ3v) is 4.36. The number of amides is 1. The van der Waals surface area contributed by atoms with Crippen molar-refractivity contribution in [1.29, 1.82) is 0 Å². The Morgan fingerprint density at radius 1 is 1.37 bits per heavy atom. The van der Waals surface area contributed by atoms with E-state index < -0.39 is 0 Å². The summed E-state index contributed by atoms with van der Waals surface area (Å²) < 4.78 is 0. The van der Waals surface area contributed by atoms with E-state index in [4.69, 9.17) is 0 Å². The lowest BCUT2D eigenvalue weighted by molar-refractivity contribution is -0.130. The molecule has 1 atom stereocenters.